The Balaban J connectivity index is 2.07. The van der Waals surface area contributed by atoms with E-state index in [1.165, 1.54) is 0 Å². The van der Waals surface area contributed by atoms with Gasteiger partial charge in [-0.15, -0.1) is 0 Å². The van der Waals surface area contributed by atoms with Crippen LogP contribution in [0.5, 0.6) is 5.75 Å². The van der Waals surface area contributed by atoms with Crippen LogP contribution in [0.4, 0.5) is 0 Å². The Labute approximate surface area is 151 Å². The molecule has 1 aromatic carbocycles. The minimum Gasteiger partial charge on any atom is -0.497 e. The van der Waals surface area contributed by atoms with Crippen molar-refractivity contribution in [2.24, 2.45) is 5.73 Å². The number of benzene rings is 1. The van der Waals surface area contributed by atoms with Gasteiger partial charge in [0.05, 0.1) is 24.3 Å². The molecule has 1 amide bonds. The first-order chi connectivity index (χ1) is 12.0. The van der Waals surface area contributed by atoms with Gasteiger partial charge in [-0.2, -0.15) is 0 Å². The highest BCUT2D eigenvalue weighted by molar-refractivity contribution is 7.91. The van der Waals surface area contributed by atoms with E-state index >= 15 is 0 Å². The van der Waals surface area contributed by atoms with Crippen molar-refractivity contribution in [2.45, 2.75) is 49.8 Å². The number of nitrogens with two attached hydrogens (primary N) is 1. The number of carbonyl (C=O) groups is 1. The molecule has 3 N–H and O–H groups in total. The van der Waals surface area contributed by atoms with E-state index in [0.29, 0.717) is 17.1 Å². The molecule has 0 heterocycles. The summed E-state index contributed by atoms with van der Waals surface area (Å²) in [5.41, 5.74) is 5.03. The minimum absolute atomic E-state index is 0.191. The number of hydrogen-bond acceptors (Lipinski definition) is 5. The maximum atomic E-state index is 12.2. The lowest BCUT2D eigenvalue weighted by atomic mass is 10.1. The highest BCUT2D eigenvalue weighted by Gasteiger charge is 2.13. The number of ether oxygens (including phenoxy) is 1. The SMILES string of the molecule is COc1ccc(S(=O)(=O)CCCCCCCCCNCC(N)=O)cc1. The Morgan fingerprint density at radius 2 is 1.56 bits per heavy atom. The van der Waals surface area contributed by atoms with Crippen LogP contribution in [0.15, 0.2) is 29.2 Å². The first kappa shape index (κ1) is 21.4. The molecule has 25 heavy (non-hydrogen) atoms. The maximum absolute atomic E-state index is 12.2. The van der Waals surface area contributed by atoms with Crippen molar-refractivity contribution in [3.8, 4) is 5.75 Å². The molecule has 0 unspecified atom stereocenters. The van der Waals surface area contributed by atoms with Gasteiger partial charge in [0.1, 0.15) is 5.75 Å². The van der Waals surface area contributed by atoms with Gasteiger partial charge in [0.25, 0.3) is 0 Å². The lowest BCUT2D eigenvalue weighted by Gasteiger charge is -2.06. The maximum Gasteiger partial charge on any atom is 0.231 e. The van der Waals surface area contributed by atoms with E-state index in [2.05, 4.69) is 5.32 Å². The molecule has 0 aliphatic carbocycles. The average Bonchev–Trinajstić information content (AvgIpc) is 2.59. The van der Waals surface area contributed by atoms with Crippen LogP contribution in [0.25, 0.3) is 0 Å². The van der Waals surface area contributed by atoms with Crippen molar-refractivity contribution < 1.29 is 17.9 Å². The summed E-state index contributed by atoms with van der Waals surface area (Å²) in [6.45, 7) is 1.05. The predicted molar refractivity (Wildman–Crippen MR) is 99.4 cm³/mol. The predicted octanol–water partition coefficient (Wildman–Crippen LogP) is 2.27. The summed E-state index contributed by atoms with van der Waals surface area (Å²) < 4.78 is 29.5. The summed E-state index contributed by atoms with van der Waals surface area (Å²) in [5.74, 6) is 0.518. The van der Waals surface area contributed by atoms with E-state index < -0.39 is 9.84 Å². The summed E-state index contributed by atoms with van der Waals surface area (Å²) >= 11 is 0. The van der Waals surface area contributed by atoms with Gasteiger partial charge >= 0.3 is 0 Å². The molecule has 6 nitrogen and oxygen atoms in total. The summed E-state index contributed by atoms with van der Waals surface area (Å²) in [6, 6.07) is 6.54. The number of rotatable bonds is 14. The lowest BCUT2D eigenvalue weighted by Crippen LogP contribution is -2.29. The Morgan fingerprint density at radius 1 is 1.00 bits per heavy atom. The Bertz CT molecular complexity index is 600. The average molecular weight is 371 g/mol. The van der Waals surface area contributed by atoms with Crippen molar-refractivity contribution in [3.05, 3.63) is 24.3 Å². The fraction of sp³-hybridized carbons (Fsp3) is 0.611. The zero-order chi connectivity index (χ0) is 18.5. The highest BCUT2D eigenvalue weighted by atomic mass is 32.2. The van der Waals surface area contributed by atoms with Crippen LogP contribution < -0.4 is 15.8 Å². The van der Waals surface area contributed by atoms with Crippen LogP contribution in [0.2, 0.25) is 0 Å². The molecule has 0 fully saturated rings. The molecular weight excluding hydrogens is 340 g/mol. The zero-order valence-electron chi connectivity index (χ0n) is 15.0. The minimum atomic E-state index is -3.20. The van der Waals surface area contributed by atoms with Crippen molar-refractivity contribution in [1.82, 2.24) is 5.32 Å². The quantitative estimate of drug-likeness (QED) is 0.490. The molecule has 0 aliphatic rings. The Morgan fingerprint density at radius 3 is 2.12 bits per heavy atom. The van der Waals surface area contributed by atoms with Crippen LogP contribution in [-0.2, 0) is 14.6 Å². The topological polar surface area (TPSA) is 98.5 Å². The first-order valence-electron chi connectivity index (χ1n) is 8.81. The van der Waals surface area contributed by atoms with E-state index in [0.717, 1.165) is 45.1 Å². The van der Waals surface area contributed by atoms with Gasteiger partial charge in [-0.3, -0.25) is 4.79 Å². The largest absolute Gasteiger partial charge is 0.497 e. The van der Waals surface area contributed by atoms with Crippen LogP contribution in [0.1, 0.15) is 44.9 Å². The number of hydrogen-bond donors (Lipinski definition) is 2. The van der Waals surface area contributed by atoms with Gasteiger partial charge in [-0.1, -0.05) is 32.1 Å². The van der Waals surface area contributed by atoms with E-state index in [4.69, 9.17) is 10.5 Å². The molecule has 142 valence electrons. The van der Waals surface area contributed by atoms with E-state index in [1.54, 1.807) is 31.4 Å². The van der Waals surface area contributed by atoms with Gasteiger partial charge < -0.3 is 15.8 Å². The normalized spacial score (nSPS) is 11.4. The molecule has 0 radical (unpaired) electrons. The molecule has 0 spiro atoms. The van der Waals surface area contributed by atoms with Crippen LogP contribution in [-0.4, -0.2) is 40.3 Å². The Kier molecular flexibility index (Phi) is 10.2. The third kappa shape index (κ3) is 9.45. The molecule has 1 aromatic rings. The van der Waals surface area contributed by atoms with Gasteiger partial charge in [0, 0.05) is 0 Å². The van der Waals surface area contributed by atoms with Crippen LogP contribution >= 0.6 is 0 Å². The fourth-order valence-electron chi connectivity index (χ4n) is 2.54. The standard InChI is InChI=1S/C18H30N2O4S/c1-24-16-9-11-17(12-10-16)25(22,23)14-8-6-4-2-3-5-7-13-20-15-18(19)21/h9-12,20H,2-8,13-15H2,1H3,(H2,19,21). The molecule has 0 saturated carbocycles. The number of amides is 1. The summed E-state index contributed by atoms with van der Waals surface area (Å²) in [5, 5.41) is 2.99. The lowest BCUT2D eigenvalue weighted by molar-refractivity contribution is -0.117. The monoisotopic (exact) mass is 370 g/mol. The second-order valence-corrected chi connectivity index (χ2v) is 8.22. The zero-order valence-corrected chi connectivity index (χ0v) is 15.8. The third-order valence-electron chi connectivity index (χ3n) is 3.98. The smallest absolute Gasteiger partial charge is 0.231 e. The molecule has 0 bridgehead atoms. The van der Waals surface area contributed by atoms with E-state index in [-0.39, 0.29) is 18.2 Å². The van der Waals surface area contributed by atoms with Gasteiger partial charge in [0.15, 0.2) is 9.84 Å². The van der Waals surface area contributed by atoms with Crippen molar-refractivity contribution in [1.29, 1.82) is 0 Å². The van der Waals surface area contributed by atoms with Gasteiger partial charge in [-0.25, -0.2) is 8.42 Å². The number of sulfone groups is 1. The second kappa shape index (κ2) is 11.9. The number of nitrogens with one attached hydrogen (secondary N) is 1. The van der Waals surface area contributed by atoms with E-state index in [9.17, 15) is 13.2 Å². The molecule has 0 aromatic heterocycles. The molecule has 0 aliphatic heterocycles. The molecular formula is C18H30N2O4S. The summed E-state index contributed by atoms with van der Waals surface area (Å²) in [4.78, 5) is 10.9. The van der Waals surface area contributed by atoms with Crippen molar-refractivity contribution in [2.75, 3.05) is 26.0 Å². The van der Waals surface area contributed by atoms with E-state index in [1.807, 2.05) is 0 Å². The van der Waals surface area contributed by atoms with Gasteiger partial charge in [-0.05, 0) is 43.7 Å². The van der Waals surface area contributed by atoms with Gasteiger partial charge in [0.2, 0.25) is 5.91 Å². The molecule has 0 atom stereocenters. The number of methoxy groups -OCH3 is 1. The summed E-state index contributed by atoms with van der Waals surface area (Å²) in [6.07, 6.45) is 7.04. The Hall–Kier alpha value is -1.60. The number of unbranched alkanes of at least 4 members (excludes halogenated alkanes) is 6. The van der Waals surface area contributed by atoms with Crippen LogP contribution in [0.3, 0.4) is 0 Å². The highest BCUT2D eigenvalue weighted by Crippen LogP contribution is 2.18. The molecule has 0 saturated heterocycles. The second-order valence-electron chi connectivity index (χ2n) is 6.11. The van der Waals surface area contributed by atoms with Crippen LogP contribution in [0, 0.1) is 0 Å². The third-order valence-corrected chi connectivity index (χ3v) is 5.80. The van der Waals surface area contributed by atoms with Crippen molar-refractivity contribution in [3.63, 3.8) is 0 Å². The fourth-order valence-corrected chi connectivity index (χ4v) is 3.91. The molecule has 1 rings (SSSR count). The number of carbonyl (C=O) groups excluding carboxylic acids is 1. The number of primary amides is 1. The first-order valence-corrected chi connectivity index (χ1v) is 10.5. The molecule has 7 heteroatoms. The summed E-state index contributed by atoms with van der Waals surface area (Å²) in [7, 11) is -1.64. The van der Waals surface area contributed by atoms with Crippen molar-refractivity contribution >= 4 is 15.7 Å².